The van der Waals surface area contributed by atoms with Gasteiger partial charge in [0.2, 0.25) is 11.8 Å². The molecule has 1 saturated heterocycles. The quantitative estimate of drug-likeness (QED) is 0.379. The molecule has 1 fully saturated rings. The van der Waals surface area contributed by atoms with Gasteiger partial charge in [-0.2, -0.15) is 26.3 Å². The highest BCUT2D eigenvalue weighted by atomic mass is 19.4. The molecule has 41 heavy (non-hydrogen) atoms. The summed E-state index contributed by atoms with van der Waals surface area (Å²) in [4.78, 5) is 27.7. The maximum Gasteiger partial charge on any atom is 0.416 e. The molecule has 2 aromatic rings. The van der Waals surface area contributed by atoms with Gasteiger partial charge in [-0.05, 0) is 80.1 Å². The molecule has 2 aromatic carbocycles. The number of halogens is 7. The van der Waals surface area contributed by atoms with E-state index >= 15 is 0 Å². The normalized spacial score (nSPS) is 19.2. The molecule has 0 aliphatic carbocycles. The number of likely N-dealkylation sites (tertiary alicyclic amines) is 1. The molecule has 226 valence electrons. The van der Waals surface area contributed by atoms with Gasteiger partial charge in [0.05, 0.1) is 23.1 Å². The minimum Gasteiger partial charge on any atom is -0.390 e. The zero-order chi connectivity index (χ0) is 30.9. The molecule has 2 N–H and O–H groups in total. The third kappa shape index (κ3) is 8.43. The maximum atomic E-state index is 13.8. The smallest absolute Gasteiger partial charge is 0.390 e. The van der Waals surface area contributed by atoms with Crippen LogP contribution in [0.2, 0.25) is 0 Å². The number of rotatable bonds is 7. The summed E-state index contributed by atoms with van der Waals surface area (Å²) in [6.45, 7) is 6.14. The van der Waals surface area contributed by atoms with Crippen LogP contribution in [-0.2, 0) is 21.9 Å². The van der Waals surface area contributed by atoms with Crippen LogP contribution in [0, 0.1) is 18.7 Å². The zero-order valence-corrected chi connectivity index (χ0v) is 23.1. The highest BCUT2D eigenvalue weighted by molar-refractivity contribution is 5.81. The SMILES string of the molecule is Cc1cc(F)ccc1[C@H]1CN(C(=O)CC(C)(C)O)CC[C@@H]1C(=O)NC[C@@H](C)c1cc(C(F)(F)F)cc(C(F)(F)F)c1. The minimum atomic E-state index is -4.99. The Bertz CT molecular complexity index is 1240. The van der Waals surface area contributed by atoms with Crippen LogP contribution < -0.4 is 5.32 Å². The molecule has 0 bridgehead atoms. The molecule has 1 heterocycles. The van der Waals surface area contributed by atoms with Crippen molar-refractivity contribution in [3.63, 3.8) is 0 Å². The number of nitrogens with one attached hydrogen (secondary N) is 1. The molecule has 0 saturated carbocycles. The van der Waals surface area contributed by atoms with Crippen LogP contribution in [0.15, 0.2) is 36.4 Å². The van der Waals surface area contributed by atoms with Crippen molar-refractivity contribution >= 4 is 11.8 Å². The summed E-state index contributed by atoms with van der Waals surface area (Å²) in [5.74, 6) is -3.43. The molecule has 5 nitrogen and oxygen atoms in total. The zero-order valence-electron chi connectivity index (χ0n) is 23.1. The molecule has 0 aromatic heterocycles. The van der Waals surface area contributed by atoms with Crippen LogP contribution in [0.3, 0.4) is 0 Å². The summed E-state index contributed by atoms with van der Waals surface area (Å²) in [5.41, 5.74) is -3.16. The Morgan fingerprint density at radius 3 is 2.12 bits per heavy atom. The molecule has 12 heteroatoms. The molecule has 0 spiro atoms. The third-order valence-corrected chi connectivity index (χ3v) is 7.28. The molecule has 1 aliphatic heterocycles. The van der Waals surface area contributed by atoms with Gasteiger partial charge in [-0.15, -0.1) is 0 Å². The Kier molecular flexibility index (Phi) is 9.46. The lowest BCUT2D eigenvalue weighted by Gasteiger charge is -2.39. The first-order valence-electron chi connectivity index (χ1n) is 13.1. The summed E-state index contributed by atoms with van der Waals surface area (Å²) < 4.78 is 93.6. The van der Waals surface area contributed by atoms with Crippen molar-refractivity contribution in [3.05, 3.63) is 70.0 Å². The summed E-state index contributed by atoms with van der Waals surface area (Å²) in [6.07, 6.45) is -9.92. The fraction of sp³-hybridized carbons (Fsp3) is 0.517. The van der Waals surface area contributed by atoms with Crippen LogP contribution in [0.5, 0.6) is 0 Å². The second kappa shape index (κ2) is 12.0. The van der Waals surface area contributed by atoms with E-state index in [0.29, 0.717) is 23.3 Å². The van der Waals surface area contributed by atoms with Crippen molar-refractivity contribution in [2.75, 3.05) is 19.6 Å². The predicted octanol–water partition coefficient (Wildman–Crippen LogP) is 6.18. The van der Waals surface area contributed by atoms with E-state index < -0.39 is 58.6 Å². The largest absolute Gasteiger partial charge is 0.416 e. The van der Waals surface area contributed by atoms with Gasteiger partial charge in [0, 0.05) is 31.5 Å². The Balaban J connectivity index is 1.83. The van der Waals surface area contributed by atoms with E-state index in [2.05, 4.69) is 5.32 Å². The molecule has 0 radical (unpaired) electrons. The van der Waals surface area contributed by atoms with Crippen LogP contribution in [0.25, 0.3) is 0 Å². The fourth-order valence-electron chi connectivity index (χ4n) is 5.11. The number of aryl methyl sites for hydroxylation is 1. The second-order valence-corrected chi connectivity index (χ2v) is 11.3. The number of aliphatic hydroxyl groups is 1. The van der Waals surface area contributed by atoms with E-state index in [1.165, 1.54) is 43.9 Å². The van der Waals surface area contributed by atoms with E-state index in [1.807, 2.05) is 0 Å². The topological polar surface area (TPSA) is 69.6 Å². The summed E-state index contributed by atoms with van der Waals surface area (Å²) >= 11 is 0. The predicted molar refractivity (Wildman–Crippen MR) is 137 cm³/mol. The fourth-order valence-corrected chi connectivity index (χ4v) is 5.11. The third-order valence-electron chi connectivity index (χ3n) is 7.28. The average Bonchev–Trinajstić information content (AvgIpc) is 2.84. The maximum absolute atomic E-state index is 13.8. The van der Waals surface area contributed by atoms with Crippen molar-refractivity contribution < 1.29 is 45.4 Å². The first kappa shape index (κ1) is 32.4. The summed E-state index contributed by atoms with van der Waals surface area (Å²) in [7, 11) is 0. The summed E-state index contributed by atoms with van der Waals surface area (Å²) in [6, 6.07) is 5.41. The number of carbonyl (C=O) groups excluding carboxylic acids is 2. The first-order valence-corrected chi connectivity index (χ1v) is 13.1. The van der Waals surface area contributed by atoms with Crippen LogP contribution in [-0.4, -0.2) is 47.1 Å². The van der Waals surface area contributed by atoms with Crippen LogP contribution in [0.1, 0.15) is 73.3 Å². The number of alkyl halides is 6. The van der Waals surface area contributed by atoms with E-state index in [1.54, 1.807) is 6.92 Å². The molecule has 3 atom stereocenters. The standard InChI is InChI=1S/C29H33F7N2O3/c1-16-9-21(30)5-6-22(16)24-15-38(25(39)13-27(3,4)41)8-7-23(24)26(40)37-14-17(2)18-10-19(28(31,32)33)12-20(11-18)29(34,35)36/h5-6,9-12,17,23-24,41H,7-8,13-15H2,1-4H3,(H,37,40)/t17-,23+,24-/m1/s1. The highest BCUT2D eigenvalue weighted by Crippen LogP contribution is 2.38. The van der Waals surface area contributed by atoms with Crippen molar-refractivity contribution in [2.24, 2.45) is 5.92 Å². The van der Waals surface area contributed by atoms with Crippen molar-refractivity contribution in [1.82, 2.24) is 10.2 Å². The minimum absolute atomic E-state index is 0.0530. The molecular weight excluding hydrogens is 557 g/mol. The molecule has 2 amide bonds. The van der Waals surface area contributed by atoms with Gasteiger partial charge in [0.1, 0.15) is 5.82 Å². The lowest BCUT2D eigenvalue weighted by atomic mass is 9.78. The lowest BCUT2D eigenvalue weighted by molar-refractivity contribution is -0.143. The number of hydrogen-bond donors (Lipinski definition) is 2. The van der Waals surface area contributed by atoms with Gasteiger partial charge in [-0.1, -0.05) is 13.0 Å². The molecule has 0 unspecified atom stereocenters. The van der Waals surface area contributed by atoms with Gasteiger partial charge in [-0.25, -0.2) is 4.39 Å². The average molecular weight is 591 g/mol. The van der Waals surface area contributed by atoms with Crippen LogP contribution >= 0.6 is 0 Å². The second-order valence-electron chi connectivity index (χ2n) is 11.3. The van der Waals surface area contributed by atoms with Crippen molar-refractivity contribution in [2.45, 2.75) is 70.3 Å². The van der Waals surface area contributed by atoms with Crippen molar-refractivity contribution in [3.8, 4) is 0 Å². The van der Waals surface area contributed by atoms with Gasteiger partial charge in [-0.3, -0.25) is 9.59 Å². The number of benzene rings is 2. The van der Waals surface area contributed by atoms with Gasteiger partial charge in [0.25, 0.3) is 0 Å². The van der Waals surface area contributed by atoms with Crippen LogP contribution in [0.4, 0.5) is 30.7 Å². The molecule has 1 aliphatic rings. The Morgan fingerprint density at radius 1 is 1.02 bits per heavy atom. The highest BCUT2D eigenvalue weighted by Gasteiger charge is 2.39. The summed E-state index contributed by atoms with van der Waals surface area (Å²) in [5, 5.41) is 12.7. The van der Waals surface area contributed by atoms with Gasteiger partial charge in [0.15, 0.2) is 0 Å². The Morgan fingerprint density at radius 2 is 1.61 bits per heavy atom. The Hall–Kier alpha value is -3.15. The van der Waals surface area contributed by atoms with E-state index in [4.69, 9.17) is 0 Å². The van der Waals surface area contributed by atoms with E-state index in [9.17, 15) is 45.4 Å². The number of amides is 2. The number of piperidine rings is 1. The van der Waals surface area contributed by atoms with E-state index in [-0.39, 0.29) is 50.0 Å². The number of nitrogens with zero attached hydrogens (tertiary/aromatic N) is 1. The monoisotopic (exact) mass is 590 g/mol. The Labute approximate surface area is 233 Å². The van der Waals surface area contributed by atoms with E-state index in [0.717, 1.165) is 0 Å². The molecule has 3 rings (SSSR count). The lowest BCUT2D eigenvalue weighted by Crippen LogP contribution is -2.49. The number of hydrogen-bond acceptors (Lipinski definition) is 3. The number of carbonyl (C=O) groups is 2. The first-order chi connectivity index (χ1) is 18.8. The molecular formula is C29H33F7N2O3. The van der Waals surface area contributed by atoms with Gasteiger partial charge < -0.3 is 15.3 Å². The van der Waals surface area contributed by atoms with Crippen molar-refractivity contribution in [1.29, 1.82) is 0 Å². The van der Waals surface area contributed by atoms with Gasteiger partial charge >= 0.3 is 12.4 Å².